The van der Waals surface area contributed by atoms with E-state index in [0.717, 1.165) is 97.1 Å². The third-order valence-electron chi connectivity index (χ3n) is 12.6. The first kappa shape index (κ1) is 49.2. The van der Waals surface area contributed by atoms with E-state index in [1.165, 1.54) is 0 Å². The van der Waals surface area contributed by atoms with Crippen molar-refractivity contribution in [2.24, 2.45) is 0 Å². The maximum atomic E-state index is 11.7. The van der Waals surface area contributed by atoms with E-state index in [1.54, 1.807) is 0 Å². The maximum absolute atomic E-state index is 11.7. The predicted octanol–water partition coefficient (Wildman–Crippen LogP) is 11.6. The molecule has 6 rings (SSSR count). The van der Waals surface area contributed by atoms with Crippen molar-refractivity contribution in [3.05, 3.63) is 46.5 Å². The van der Waals surface area contributed by atoms with Crippen molar-refractivity contribution in [3.8, 4) is 11.5 Å². The van der Waals surface area contributed by atoms with Crippen LogP contribution in [-0.4, -0.2) is 59.4 Å². The van der Waals surface area contributed by atoms with Gasteiger partial charge in [0.2, 0.25) is 0 Å². The molecule has 8 nitrogen and oxygen atoms in total. The van der Waals surface area contributed by atoms with E-state index in [1.807, 2.05) is 24.3 Å². The standard InChI is InChI=1S/C46H72O8P2S4/c1-41(2,3)31-23-29(24-32(37(31)47)42(4,5)6)55(57,58)53-39(35-27-49-45(51-35)19-15-13-16-20-45)40(36-28-50-46(52-36)21-17-14-18-22-46)54-56(59,60)30-25-33(43(7,8)9)38(48)34(26-30)44(10,11)12/h23-26,35-36,39-40,47-48H,13-22,27-28H2,1-12H3,(H,57,58)(H,59,60)/t35-,36-,39-,40-/m1/s1. The monoisotopic (exact) mass is 942 g/mol. The zero-order valence-corrected chi connectivity index (χ0v) is 43.3. The fourth-order valence-electron chi connectivity index (χ4n) is 9.17. The van der Waals surface area contributed by atoms with Gasteiger partial charge in [-0.2, -0.15) is 0 Å². The van der Waals surface area contributed by atoms with Gasteiger partial charge in [0.1, 0.15) is 46.8 Å². The number of thiol groups is 2. The Hall–Kier alpha value is -0.200. The second-order valence-corrected chi connectivity index (χ2v) is 33.5. The Labute approximate surface area is 381 Å². The van der Waals surface area contributed by atoms with Crippen molar-refractivity contribution in [2.75, 3.05) is 13.2 Å². The molecule has 0 radical (unpaired) electrons. The third kappa shape index (κ3) is 10.7. The lowest BCUT2D eigenvalue weighted by Crippen LogP contribution is -2.50. The van der Waals surface area contributed by atoms with Gasteiger partial charge >= 0.3 is 0 Å². The molecule has 2 spiro atoms. The van der Waals surface area contributed by atoms with Crippen LogP contribution in [-0.2, 0) is 73.3 Å². The Kier molecular flexibility index (Phi) is 14.4. The SMILES string of the molecule is CC(C)(C)c1cc(P(=S)(S)O[C@@H]([C@H](OP(=S)(S)c2cc(C(C)(C)C)c(O)c(C(C)(C)C)c2)[C@H]2COC3(CCCCC3)O2)[C@H]2COC3(CCCCC3)O2)cc(C(C)(C)C)c1O. The largest absolute Gasteiger partial charge is 0.507 e. The number of hydrogen-bond acceptors (Lipinski definition) is 10. The highest BCUT2D eigenvalue weighted by atomic mass is 32.9. The molecule has 2 aliphatic carbocycles. The summed E-state index contributed by atoms with van der Waals surface area (Å²) in [5.74, 6) is -0.945. The van der Waals surface area contributed by atoms with Gasteiger partial charge in [-0.15, -0.1) is 24.5 Å². The smallest absolute Gasteiger partial charge is 0.169 e. The first-order valence-electron chi connectivity index (χ1n) is 21.9. The quantitative estimate of drug-likeness (QED) is 0.144. The number of phenolic OH excluding ortho intramolecular Hbond substituents is 2. The third-order valence-corrected chi connectivity index (χ3v) is 19.3. The van der Waals surface area contributed by atoms with Crippen LogP contribution in [0.3, 0.4) is 0 Å². The van der Waals surface area contributed by atoms with Crippen LogP contribution in [0.5, 0.6) is 11.5 Å². The average Bonchev–Trinajstić information content (AvgIpc) is 3.72. The van der Waals surface area contributed by atoms with Crippen molar-refractivity contribution >= 4 is 69.7 Å². The molecule has 6 atom stereocenters. The molecule has 0 amide bonds. The molecule has 0 bridgehead atoms. The van der Waals surface area contributed by atoms with Crippen molar-refractivity contribution in [3.63, 3.8) is 0 Å². The Morgan fingerprint density at radius 2 is 0.817 bits per heavy atom. The van der Waals surface area contributed by atoms with Crippen molar-refractivity contribution in [2.45, 2.75) is 205 Å². The molecule has 2 unspecified atom stereocenters. The lowest BCUT2D eigenvalue weighted by atomic mass is 9.79. The zero-order chi connectivity index (χ0) is 44.5. The minimum atomic E-state index is -3.23. The van der Waals surface area contributed by atoms with E-state index < -0.39 is 68.6 Å². The van der Waals surface area contributed by atoms with Crippen molar-refractivity contribution in [1.29, 1.82) is 0 Å². The molecule has 4 aliphatic rings. The molecule has 338 valence electrons. The number of ether oxygens (including phenoxy) is 4. The number of phenols is 2. The molecule has 2 aliphatic heterocycles. The van der Waals surface area contributed by atoms with Gasteiger partial charge in [0.15, 0.2) is 11.6 Å². The molecule has 4 fully saturated rings. The van der Waals surface area contributed by atoms with Crippen LogP contribution >= 0.6 is 35.4 Å². The summed E-state index contributed by atoms with van der Waals surface area (Å²) in [6.07, 6.45) is 6.52. The topological polar surface area (TPSA) is 95.8 Å². The second kappa shape index (κ2) is 17.5. The molecular weight excluding hydrogens is 871 g/mol. The van der Waals surface area contributed by atoms with Crippen molar-refractivity contribution < 1.29 is 38.2 Å². The Bertz CT molecular complexity index is 1770. The van der Waals surface area contributed by atoms with Crippen LogP contribution in [0, 0.1) is 0 Å². The van der Waals surface area contributed by atoms with Crippen LogP contribution in [0.25, 0.3) is 0 Å². The Balaban J connectivity index is 1.51. The second-order valence-electron chi connectivity index (χ2n) is 21.8. The van der Waals surface area contributed by atoms with E-state index in [-0.39, 0.29) is 24.7 Å². The fourth-order valence-corrected chi connectivity index (χ4v) is 14.3. The highest BCUT2D eigenvalue weighted by Crippen LogP contribution is 2.60. The number of hydrogen-bond donors (Lipinski definition) is 4. The van der Waals surface area contributed by atoms with Gasteiger partial charge < -0.3 is 38.2 Å². The number of aromatic hydroxyl groups is 2. The van der Waals surface area contributed by atoms with E-state index in [2.05, 4.69) is 83.1 Å². The molecule has 2 N–H and O–H groups in total. The van der Waals surface area contributed by atoms with Gasteiger partial charge in [0.05, 0.1) is 13.2 Å². The minimum absolute atomic E-state index is 0.259. The maximum Gasteiger partial charge on any atom is 0.169 e. The van der Waals surface area contributed by atoms with Crippen molar-refractivity contribution in [1.82, 2.24) is 0 Å². The van der Waals surface area contributed by atoms with Gasteiger partial charge in [-0.1, -0.05) is 120 Å². The molecule has 2 saturated heterocycles. The lowest BCUT2D eigenvalue weighted by Gasteiger charge is -2.40. The summed E-state index contributed by atoms with van der Waals surface area (Å²) in [5, 5.41) is 24.8. The molecule has 2 heterocycles. The van der Waals surface area contributed by atoms with Crippen LogP contribution in [0.15, 0.2) is 24.3 Å². The van der Waals surface area contributed by atoms with Crippen LogP contribution in [0.4, 0.5) is 0 Å². The zero-order valence-electron chi connectivity index (χ0n) is 38.1. The number of rotatable bonds is 9. The normalized spacial score (nSPS) is 25.6. The molecule has 2 aromatic rings. The molecule has 2 aromatic carbocycles. The van der Waals surface area contributed by atoms with E-state index in [9.17, 15) is 10.2 Å². The summed E-state index contributed by atoms with van der Waals surface area (Å²) in [6, 6.07) is 7.86. The Morgan fingerprint density at radius 1 is 0.550 bits per heavy atom. The van der Waals surface area contributed by atoms with E-state index in [0.29, 0.717) is 0 Å². The van der Waals surface area contributed by atoms with Crippen LogP contribution < -0.4 is 10.6 Å². The molecule has 14 heteroatoms. The van der Waals surface area contributed by atoms with Crippen LogP contribution in [0.1, 0.15) is 170 Å². The molecule has 2 saturated carbocycles. The summed E-state index contributed by atoms with van der Waals surface area (Å²) < 4.78 is 42.1. The van der Waals surface area contributed by atoms with E-state index in [4.69, 9.17) is 76.1 Å². The van der Waals surface area contributed by atoms with Gasteiger partial charge in [-0.25, -0.2) is 0 Å². The highest BCUT2D eigenvalue weighted by Gasteiger charge is 2.54. The summed E-state index contributed by atoms with van der Waals surface area (Å²) in [5.41, 5.74) is -4.94. The fraction of sp³-hybridized carbons (Fsp3) is 0.739. The van der Waals surface area contributed by atoms with Gasteiger partial charge in [0.25, 0.3) is 0 Å². The summed E-state index contributed by atoms with van der Waals surface area (Å²) in [4.78, 5) is 0. The Morgan fingerprint density at radius 3 is 1.07 bits per heavy atom. The minimum Gasteiger partial charge on any atom is -0.507 e. The summed E-state index contributed by atoms with van der Waals surface area (Å²) >= 11 is 23.7. The molecule has 60 heavy (non-hydrogen) atoms. The van der Waals surface area contributed by atoms with Crippen LogP contribution in [0.2, 0.25) is 0 Å². The highest BCUT2D eigenvalue weighted by molar-refractivity contribution is 8.64. The van der Waals surface area contributed by atoms with Gasteiger partial charge in [-0.05, 0) is 71.6 Å². The summed E-state index contributed by atoms with van der Waals surface area (Å²) in [7, 11) is 0. The van der Waals surface area contributed by atoms with Gasteiger partial charge in [-0.3, -0.25) is 0 Å². The average molecular weight is 943 g/mol. The molecular formula is C46H72O8P2S4. The molecule has 0 aromatic heterocycles. The first-order valence-corrected chi connectivity index (χ1v) is 29.6. The number of benzene rings is 2. The lowest BCUT2D eigenvalue weighted by molar-refractivity contribution is -0.211. The summed E-state index contributed by atoms with van der Waals surface area (Å²) in [6.45, 7) is 25.5. The van der Waals surface area contributed by atoms with Gasteiger partial charge in [0, 0.05) is 58.5 Å². The predicted molar refractivity (Wildman–Crippen MR) is 260 cm³/mol. The van der Waals surface area contributed by atoms with E-state index >= 15 is 0 Å². The first-order chi connectivity index (χ1) is 27.5.